The Morgan fingerprint density at radius 3 is 0.869 bits per heavy atom. The van der Waals surface area contributed by atoms with Gasteiger partial charge < -0.3 is 18.3 Å². The minimum Gasteiger partial charge on any atom is -0.309 e. The number of para-hydroxylation sites is 2. The number of nitrogens with zero attached hydrogens (tertiary/aromatic N) is 4. The minimum atomic E-state index is -0.573. The molecule has 2 aliphatic rings. The van der Waals surface area contributed by atoms with Crippen molar-refractivity contribution in [1.82, 2.24) is 18.3 Å². The van der Waals surface area contributed by atoms with Gasteiger partial charge in [-0.15, -0.1) is 0 Å². The lowest BCUT2D eigenvalue weighted by molar-refractivity contribution is 0.769. The molecule has 0 aliphatic heterocycles. The van der Waals surface area contributed by atoms with Crippen LogP contribution in [0.15, 0.2) is 485 Å². The lowest BCUT2D eigenvalue weighted by atomic mass is 9.67. The van der Waals surface area contributed by atoms with Crippen molar-refractivity contribution in [2.24, 2.45) is 0 Å². The first-order valence-corrected chi connectivity index (χ1v) is 45.2. The zero-order chi connectivity index (χ0) is 85.3. The SMILES string of the molecule is c1ccc(C2(c3ccccc3)c3ccccc3-c3c2ccc2c4cc(-c5ccc6c(c5)c5ccccc5n6-c5cccc6ccccc56)ccc4n(-c4cccc5ccccc45)c32)cc1.c1ccc(C2(c3ccccc3)c3ccccc3-c3ccc4c5cc(-c6ccc7c(c6)c6ccccc6n7-c6cccc7ccccc67)ccc5n(-c5cccc6ccccc56)c4c32)cc1. The molecule has 0 fully saturated rings. The maximum Gasteiger partial charge on any atom is 0.0734 e. The second-order valence-electron chi connectivity index (χ2n) is 35.1. The average Bonchev–Trinajstić information content (AvgIpc) is 1.51. The normalized spacial score (nSPS) is 13.0. The minimum absolute atomic E-state index is 0.505. The third kappa shape index (κ3) is 10.6. The summed E-state index contributed by atoms with van der Waals surface area (Å²) in [5.41, 5.74) is 33.6. The van der Waals surface area contributed by atoms with Crippen molar-refractivity contribution in [3.63, 3.8) is 0 Å². The summed E-state index contributed by atoms with van der Waals surface area (Å²) in [5.74, 6) is 0. The summed E-state index contributed by atoms with van der Waals surface area (Å²) in [4.78, 5) is 0. The van der Waals surface area contributed by atoms with Crippen LogP contribution in [0.5, 0.6) is 0 Å². The molecular weight excluding hydrogens is 1570 g/mol. The molecule has 26 aromatic rings. The molecule has 4 heteroatoms. The molecule has 0 saturated carbocycles. The molecule has 4 heterocycles. The van der Waals surface area contributed by atoms with E-state index in [4.69, 9.17) is 0 Å². The van der Waals surface area contributed by atoms with Gasteiger partial charge in [-0.3, -0.25) is 0 Å². The highest BCUT2D eigenvalue weighted by molar-refractivity contribution is 6.21. The predicted molar refractivity (Wildman–Crippen MR) is 546 cm³/mol. The lowest BCUT2D eigenvalue weighted by Gasteiger charge is -2.34. The van der Waals surface area contributed by atoms with Crippen molar-refractivity contribution in [1.29, 1.82) is 0 Å². The first-order valence-electron chi connectivity index (χ1n) is 45.2. The summed E-state index contributed by atoms with van der Waals surface area (Å²) in [7, 11) is 0. The maximum absolute atomic E-state index is 2.59. The molecule has 604 valence electrons. The van der Waals surface area contributed by atoms with Gasteiger partial charge in [-0.05, 0) is 184 Å². The van der Waals surface area contributed by atoms with Crippen molar-refractivity contribution in [3.8, 4) is 67.3 Å². The quantitative estimate of drug-likeness (QED) is 0.130. The maximum atomic E-state index is 2.59. The number of benzene rings is 22. The standard InChI is InChI=1S/2C63H40N2/c1-3-21-45(22-4-1)63(46-23-5-2-6-24-46)54-29-13-11-28-51(54)61-55(63)36-35-50-53-40-44(34-38-60(53)65(62(50)61)57-32-16-20-42-18-8-10-26-48(42)57)43-33-37-59-52(39-43)49-27-12-14-30-58(49)64(59)56-31-15-19-41-17-7-9-25-47(41)56;1-3-21-45(22-4-1)63(46-23-5-2-6-24-46)55-29-13-11-27-49(55)51-35-36-52-54-40-44(34-38-60(54)65(62(52)61(51)63)57-32-16-20-42-18-8-10-26-48(42)57)43-33-37-59-53(39-43)50-28-12-14-30-58(50)64(59)56-31-15-19-41-17-7-9-25-47(41)56/h2*1-40H. The van der Waals surface area contributed by atoms with Gasteiger partial charge in [0.25, 0.3) is 0 Å². The molecule has 0 saturated heterocycles. The second-order valence-corrected chi connectivity index (χ2v) is 35.1. The van der Waals surface area contributed by atoms with Gasteiger partial charge in [0, 0.05) is 75.8 Å². The molecule has 4 nitrogen and oxygen atoms in total. The van der Waals surface area contributed by atoms with Crippen LogP contribution in [-0.4, -0.2) is 18.3 Å². The number of rotatable bonds is 10. The summed E-state index contributed by atoms with van der Waals surface area (Å²) in [6, 6.07) is 180. The van der Waals surface area contributed by atoms with E-state index in [0.29, 0.717) is 0 Å². The molecular formula is C126H80N4. The van der Waals surface area contributed by atoms with E-state index in [1.165, 1.54) is 242 Å². The Kier molecular flexibility index (Phi) is 16.3. The molecule has 28 rings (SSSR count). The number of aromatic nitrogens is 4. The van der Waals surface area contributed by atoms with Crippen LogP contribution in [0.1, 0.15) is 44.5 Å². The average molecular weight is 1650 g/mol. The zero-order valence-electron chi connectivity index (χ0n) is 71.0. The fourth-order valence-electron chi connectivity index (χ4n) is 23.4. The molecule has 0 amide bonds. The van der Waals surface area contributed by atoms with Gasteiger partial charge in [-0.1, -0.05) is 400 Å². The van der Waals surface area contributed by atoms with Crippen molar-refractivity contribution in [3.05, 3.63) is 530 Å². The van der Waals surface area contributed by atoms with Crippen LogP contribution in [0.2, 0.25) is 0 Å². The predicted octanol–water partition coefficient (Wildman–Crippen LogP) is 32.4. The molecule has 0 unspecified atom stereocenters. The Labute approximate surface area is 751 Å². The second kappa shape index (κ2) is 28.8. The van der Waals surface area contributed by atoms with Crippen LogP contribution in [-0.2, 0) is 10.8 Å². The van der Waals surface area contributed by atoms with E-state index >= 15 is 0 Å². The fourth-order valence-corrected chi connectivity index (χ4v) is 23.4. The van der Waals surface area contributed by atoms with E-state index in [0.717, 1.165) is 0 Å². The summed E-state index contributed by atoms with van der Waals surface area (Å²) in [5, 5.41) is 19.8. The third-order valence-corrected chi connectivity index (χ3v) is 28.7. The first-order chi connectivity index (χ1) is 64.5. The van der Waals surface area contributed by atoms with Gasteiger partial charge in [0.05, 0.1) is 77.7 Å². The van der Waals surface area contributed by atoms with E-state index in [1.54, 1.807) is 0 Å². The smallest absolute Gasteiger partial charge is 0.0734 e. The van der Waals surface area contributed by atoms with Crippen molar-refractivity contribution < 1.29 is 0 Å². The molecule has 0 spiro atoms. The molecule has 0 N–H and O–H groups in total. The number of hydrogen-bond acceptors (Lipinski definition) is 0. The molecule has 22 aromatic carbocycles. The van der Waals surface area contributed by atoms with Gasteiger partial charge in [0.15, 0.2) is 0 Å². The van der Waals surface area contributed by atoms with E-state index in [2.05, 4.69) is 504 Å². The fraction of sp³-hybridized carbons (Fsp3) is 0.0159. The first kappa shape index (κ1) is 73.4. The molecule has 4 aromatic heterocycles. The van der Waals surface area contributed by atoms with E-state index in [1.807, 2.05) is 0 Å². The highest BCUT2D eigenvalue weighted by Crippen LogP contribution is 2.62. The van der Waals surface area contributed by atoms with Crippen LogP contribution in [0, 0.1) is 0 Å². The molecule has 2 aliphatic carbocycles. The van der Waals surface area contributed by atoms with Crippen LogP contribution in [0.25, 0.3) is 198 Å². The Hall–Kier alpha value is -16.9. The monoisotopic (exact) mass is 1650 g/mol. The summed E-state index contributed by atoms with van der Waals surface area (Å²) >= 11 is 0. The largest absolute Gasteiger partial charge is 0.309 e. The zero-order valence-corrected chi connectivity index (χ0v) is 71.0. The highest BCUT2D eigenvalue weighted by Gasteiger charge is 2.50. The van der Waals surface area contributed by atoms with Crippen LogP contribution in [0.4, 0.5) is 0 Å². The van der Waals surface area contributed by atoms with Crippen LogP contribution in [0.3, 0.4) is 0 Å². The van der Waals surface area contributed by atoms with Gasteiger partial charge in [-0.25, -0.2) is 0 Å². The van der Waals surface area contributed by atoms with Crippen molar-refractivity contribution in [2.75, 3.05) is 0 Å². The Morgan fingerprint density at radius 2 is 0.446 bits per heavy atom. The summed E-state index contributed by atoms with van der Waals surface area (Å²) < 4.78 is 10.0. The topological polar surface area (TPSA) is 19.7 Å². The van der Waals surface area contributed by atoms with Gasteiger partial charge in [0.1, 0.15) is 0 Å². The third-order valence-electron chi connectivity index (χ3n) is 28.7. The van der Waals surface area contributed by atoms with E-state index in [-0.39, 0.29) is 0 Å². The number of hydrogen-bond donors (Lipinski definition) is 0. The Bertz CT molecular complexity index is 9080. The van der Waals surface area contributed by atoms with Gasteiger partial charge in [-0.2, -0.15) is 0 Å². The lowest BCUT2D eigenvalue weighted by Crippen LogP contribution is -2.29. The Morgan fingerprint density at radius 1 is 0.154 bits per heavy atom. The van der Waals surface area contributed by atoms with Crippen LogP contribution >= 0.6 is 0 Å². The highest BCUT2D eigenvalue weighted by atomic mass is 15.0. The van der Waals surface area contributed by atoms with Crippen LogP contribution < -0.4 is 0 Å². The van der Waals surface area contributed by atoms with Crippen molar-refractivity contribution in [2.45, 2.75) is 10.8 Å². The summed E-state index contributed by atoms with van der Waals surface area (Å²) in [6.45, 7) is 0. The van der Waals surface area contributed by atoms with Gasteiger partial charge >= 0.3 is 0 Å². The van der Waals surface area contributed by atoms with E-state index < -0.39 is 10.8 Å². The summed E-state index contributed by atoms with van der Waals surface area (Å²) in [6.07, 6.45) is 0. The molecule has 0 atom stereocenters. The van der Waals surface area contributed by atoms with E-state index in [9.17, 15) is 0 Å². The molecule has 130 heavy (non-hydrogen) atoms. The molecule has 0 bridgehead atoms. The van der Waals surface area contributed by atoms with Crippen molar-refractivity contribution >= 4 is 130 Å². The number of fused-ring (bicyclic) bond motifs is 24. The van der Waals surface area contributed by atoms with Gasteiger partial charge in [0.2, 0.25) is 0 Å². The Balaban J connectivity index is 0.000000134. The molecule has 0 radical (unpaired) electrons.